The fraction of sp³-hybridized carbons (Fsp3) is 0.143. The smallest absolute Gasteiger partial charge is 0.136 e. The number of ether oxygens (including phenoxy) is 1. The highest BCUT2D eigenvalue weighted by atomic mass is 19.1. The molecule has 2 aromatic carbocycles. The van der Waals surface area contributed by atoms with Gasteiger partial charge in [0.05, 0.1) is 29.6 Å². The highest BCUT2D eigenvalue weighted by molar-refractivity contribution is 5.94. The van der Waals surface area contributed by atoms with E-state index in [1.165, 1.54) is 11.6 Å². The van der Waals surface area contributed by atoms with Gasteiger partial charge in [0.25, 0.3) is 0 Å². The molecule has 0 aliphatic carbocycles. The minimum Gasteiger partial charge on any atom is -0.493 e. The second-order valence-electron chi connectivity index (χ2n) is 6.10. The molecule has 0 aliphatic heterocycles. The Bertz CT molecular complexity index is 1070. The molecule has 4 rings (SSSR count). The first-order valence-electron chi connectivity index (χ1n) is 8.50. The quantitative estimate of drug-likeness (QED) is 0.556. The number of halogens is 1. The Hall–Kier alpha value is -3.21. The van der Waals surface area contributed by atoms with Crippen LogP contribution in [0.15, 0.2) is 54.7 Å². The lowest BCUT2D eigenvalue weighted by Gasteiger charge is -2.10. The molecule has 2 aromatic heterocycles. The predicted octanol–water partition coefficient (Wildman–Crippen LogP) is 5.14. The molecule has 5 heteroatoms. The number of rotatable bonds is 4. The second kappa shape index (κ2) is 6.59. The zero-order chi connectivity index (χ0) is 18.1. The Morgan fingerprint density at radius 2 is 1.92 bits per heavy atom. The van der Waals surface area contributed by atoms with Crippen molar-refractivity contribution in [2.24, 2.45) is 0 Å². The molecule has 0 radical (unpaired) electrons. The zero-order valence-electron chi connectivity index (χ0n) is 14.6. The van der Waals surface area contributed by atoms with Crippen molar-refractivity contribution in [1.82, 2.24) is 15.2 Å². The highest BCUT2D eigenvalue weighted by Gasteiger charge is 2.16. The summed E-state index contributed by atoms with van der Waals surface area (Å²) in [6.45, 7) is 4.37. The molecule has 0 unspecified atom stereocenters. The Kier molecular flexibility index (Phi) is 4.13. The average Bonchev–Trinajstić information content (AvgIpc) is 3.06. The molecule has 0 aliphatic rings. The van der Waals surface area contributed by atoms with Crippen LogP contribution in [-0.4, -0.2) is 21.8 Å². The number of hydrogen-bond acceptors (Lipinski definition) is 3. The molecule has 0 saturated carbocycles. The van der Waals surface area contributed by atoms with Crippen LogP contribution in [0.2, 0.25) is 0 Å². The molecule has 0 atom stereocenters. The van der Waals surface area contributed by atoms with Gasteiger partial charge in [-0.25, -0.2) is 4.39 Å². The normalized spacial score (nSPS) is 11.0. The van der Waals surface area contributed by atoms with Gasteiger partial charge in [-0.05, 0) is 32.0 Å². The standard InChI is InChI=1S/C21H18FN3O/c1-3-26-19-6-4-5-16(22)20(19)17-11-15-18(12-23-17)24-25-21(15)14-9-7-13(2)8-10-14/h4-12H,3H2,1-2H3,(H,24,25). The summed E-state index contributed by atoms with van der Waals surface area (Å²) in [5, 5.41) is 8.31. The van der Waals surface area contributed by atoms with Crippen LogP contribution in [-0.2, 0) is 0 Å². The van der Waals surface area contributed by atoms with Gasteiger partial charge in [0.2, 0.25) is 0 Å². The molecule has 0 fully saturated rings. The molecular weight excluding hydrogens is 329 g/mol. The van der Waals surface area contributed by atoms with Crippen LogP contribution in [0.3, 0.4) is 0 Å². The lowest BCUT2D eigenvalue weighted by molar-refractivity contribution is 0.340. The number of hydrogen-bond donors (Lipinski definition) is 1. The summed E-state index contributed by atoms with van der Waals surface area (Å²) in [4.78, 5) is 4.41. The Labute approximate surface area is 150 Å². The first kappa shape index (κ1) is 16.3. The third-order valence-corrected chi connectivity index (χ3v) is 4.30. The van der Waals surface area contributed by atoms with Crippen molar-refractivity contribution >= 4 is 10.9 Å². The largest absolute Gasteiger partial charge is 0.493 e. The van der Waals surface area contributed by atoms with E-state index in [2.05, 4.69) is 15.2 Å². The summed E-state index contributed by atoms with van der Waals surface area (Å²) in [7, 11) is 0. The number of aromatic amines is 1. The van der Waals surface area contributed by atoms with E-state index in [-0.39, 0.29) is 5.82 Å². The minimum atomic E-state index is -0.358. The number of aromatic nitrogens is 3. The van der Waals surface area contributed by atoms with E-state index >= 15 is 0 Å². The van der Waals surface area contributed by atoms with Gasteiger partial charge < -0.3 is 4.74 Å². The van der Waals surface area contributed by atoms with Crippen LogP contribution in [0.4, 0.5) is 4.39 Å². The highest BCUT2D eigenvalue weighted by Crippen LogP contribution is 2.34. The van der Waals surface area contributed by atoms with Crippen molar-refractivity contribution in [3.8, 4) is 28.3 Å². The summed E-state index contributed by atoms with van der Waals surface area (Å²) in [6.07, 6.45) is 1.68. The van der Waals surface area contributed by atoms with Crippen molar-refractivity contribution in [2.75, 3.05) is 6.61 Å². The topological polar surface area (TPSA) is 50.8 Å². The molecule has 0 saturated heterocycles. The number of pyridine rings is 1. The Balaban J connectivity index is 1.89. The van der Waals surface area contributed by atoms with Gasteiger partial charge >= 0.3 is 0 Å². The van der Waals surface area contributed by atoms with Gasteiger partial charge in [-0.3, -0.25) is 10.1 Å². The van der Waals surface area contributed by atoms with Crippen molar-refractivity contribution in [3.05, 3.63) is 66.1 Å². The van der Waals surface area contributed by atoms with Gasteiger partial charge in [-0.1, -0.05) is 35.9 Å². The minimum absolute atomic E-state index is 0.358. The summed E-state index contributed by atoms with van der Waals surface area (Å²) in [5.74, 6) is 0.128. The maximum atomic E-state index is 14.5. The lowest BCUT2D eigenvalue weighted by atomic mass is 10.0. The van der Waals surface area contributed by atoms with Crippen molar-refractivity contribution in [3.63, 3.8) is 0 Å². The van der Waals surface area contributed by atoms with Crippen LogP contribution in [0.25, 0.3) is 33.4 Å². The molecule has 0 bridgehead atoms. The molecule has 0 amide bonds. The predicted molar refractivity (Wildman–Crippen MR) is 101 cm³/mol. The number of nitrogens with zero attached hydrogens (tertiary/aromatic N) is 2. The lowest BCUT2D eigenvalue weighted by Crippen LogP contribution is -1.97. The van der Waals surface area contributed by atoms with Gasteiger partial charge in [-0.2, -0.15) is 5.10 Å². The third kappa shape index (κ3) is 2.81. The summed E-state index contributed by atoms with van der Waals surface area (Å²) in [5.41, 5.74) is 4.69. The van der Waals surface area contributed by atoms with Gasteiger partial charge in [0.15, 0.2) is 0 Å². The van der Waals surface area contributed by atoms with Gasteiger partial charge in [-0.15, -0.1) is 0 Å². The van der Waals surface area contributed by atoms with Crippen LogP contribution in [0, 0.1) is 12.7 Å². The Morgan fingerprint density at radius 3 is 2.69 bits per heavy atom. The second-order valence-corrected chi connectivity index (χ2v) is 6.10. The first-order chi connectivity index (χ1) is 12.7. The number of fused-ring (bicyclic) bond motifs is 1. The number of benzene rings is 2. The Morgan fingerprint density at radius 1 is 1.12 bits per heavy atom. The number of nitrogens with one attached hydrogen (secondary N) is 1. The SMILES string of the molecule is CCOc1cccc(F)c1-c1cc2c(-c3ccc(C)cc3)n[nH]c2cn1. The van der Waals surface area contributed by atoms with Crippen molar-refractivity contribution in [1.29, 1.82) is 0 Å². The van der Waals surface area contributed by atoms with E-state index in [1.807, 2.05) is 44.2 Å². The molecule has 2 heterocycles. The van der Waals surface area contributed by atoms with Gasteiger partial charge in [0.1, 0.15) is 17.3 Å². The van der Waals surface area contributed by atoms with Gasteiger partial charge in [0, 0.05) is 10.9 Å². The third-order valence-electron chi connectivity index (χ3n) is 4.30. The molecular formula is C21H18FN3O. The monoisotopic (exact) mass is 347 g/mol. The van der Waals surface area contributed by atoms with Crippen LogP contribution in [0.1, 0.15) is 12.5 Å². The fourth-order valence-electron chi connectivity index (χ4n) is 3.01. The molecule has 26 heavy (non-hydrogen) atoms. The molecule has 0 spiro atoms. The van der Waals surface area contributed by atoms with Crippen LogP contribution in [0.5, 0.6) is 5.75 Å². The molecule has 1 N–H and O–H groups in total. The maximum absolute atomic E-state index is 14.5. The molecule has 4 nitrogen and oxygen atoms in total. The van der Waals surface area contributed by atoms with Crippen LogP contribution < -0.4 is 4.74 Å². The summed E-state index contributed by atoms with van der Waals surface area (Å²) < 4.78 is 20.1. The molecule has 4 aromatic rings. The number of H-pyrrole nitrogens is 1. The zero-order valence-corrected chi connectivity index (χ0v) is 14.6. The average molecular weight is 347 g/mol. The van der Waals surface area contributed by atoms with E-state index in [0.717, 1.165) is 22.2 Å². The van der Waals surface area contributed by atoms with Crippen molar-refractivity contribution in [2.45, 2.75) is 13.8 Å². The van der Waals surface area contributed by atoms with Crippen LogP contribution >= 0.6 is 0 Å². The van der Waals surface area contributed by atoms with E-state index in [1.54, 1.807) is 18.3 Å². The first-order valence-corrected chi connectivity index (χ1v) is 8.50. The van der Waals surface area contributed by atoms with E-state index in [0.29, 0.717) is 23.6 Å². The summed E-state index contributed by atoms with van der Waals surface area (Å²) >= 11 is 0. The van der Waals surface area contributed by atoms with Crippen molar-refractivity contribution < 1.29 is 9.13 Å². The summed E-state index contributed by atoms with van der Waals surface area (Å²) in [6, 6.07) is 14.8. The van der Waals surface area contributed by atoms with E-state index in [4.69, 9.17) is 4.74 Å². The van der Waals surface area contributed by atoms with E-state index < -0.39 is 0 Å². The van der Waals surface area contributed by atoms with E-state index in [9.17, 15) is 4.39 Å². The number of aryl methyl sites for hydroxylation is 1. The fourth-order valence-corrected chi connectivity index (χ4v) is 3.01. The molecule has 130 valence electrons. The maximum Gasteiger partial charge on any atom is 0.136 e.